The molecule has 0 atom stereocenters. The Kier molecular flexibility index (Phi) is 5.20. The van der Waals surface area contributed by atoms with Crippen LogP contribution >= 0.6 is 11.3 Å². The molecule has 0 spiro atoms. The van der Waals surface area contributed by atoms with Crippen molar-refractivity contribution in [3.63, 3.8) is 0 Å². The molecule has 0 aliphatic carbocycles. The standard InChI is InChI=1S/C15H16N4O5S2/c1-3-19-7-4-5-10(19)14-17-12(24-18-14)9-16-26(21,22)11-6-8-25-13(11)15(20)23-2/h4-8,16H,3,9H2,1-2H3. The first-order chi connectivity index (χ1) is 12.5. The van der Waals surface area contributed by atoms with Crippen LogP contribution in [-0.2, 0) is 27.8 Å². The largest absolute Gasteiger partial charge is 0.465 e. The molecule has 138 valence electrons. The lowest BCUT2D eigenvalue weighted by Crippen LogP contribution is -2.24. The fraction of sp³-hybridized carbons (Fsp3) is 0.267. The van der Waals surface area contributed by atoms with Crippen LogP contribution in [0.1, 0.15) is 22.5 Å². The van der Waals surface area contributed by atoms with Gasteiger partial charge in [0.15, 0.2) is 0 Å². The predicted octanol–water partition coefficient (Wildman–Crippen LogP) is 1.88. The van der Waals surface area contributed by atoms with E-state index in [2.05, 4.69) is 19.6 Å². The molecule has 0 aliphatic heterocycles. The number of carbonyl (C=O) groups excluding carboxylic acids is 1. The number of methoxy groups -OCH3 is 1. The molecule has 0 saturated carbocycles. The monoisotopic (exact) mass is 396 g/mol. The highest BCUT2D eigenvalue weighted by atomic mass is 32.2. The van der Waals surface area contributed by atoms with E-state index < -0.39 is 16.0 Å². The first kappa shape index (κ1) is 18.3. The molecule has 3 heterocycles. The Morgan fingerprint density at radius 3 is 2.96 bits per heavy atom. The Hall–Kier alpha value is -2.50. The number of rotatable bonds is 7. The summed E-state index contributed by atoms with van der Waals surface area (Å²) in [6.45, 7) is 2.53. The molecule has 26 heavy (non-hydrogen) atoms. The summed E-state index contributed by atoms with van der Waals surface area (Å²) < 4.78 is 38.9. The lowest BCUT2D eigenvalue weighted by atomic mass is 10.4. The molecule has 9 nitrogen and oxygen atoms in total. The molecule has 3 aromatic rings. The Bertz CT molecular complexity index is 1020. The Morgan fingerprint density at radius 1 is 1.42 bits per heavy atom. The first-order valence-electron chi connectivity index (χ1n) is 7.60. The number of carbonyl (C=O) groups is 1. The predicted molar refractivity (Wildman–Crippen MR) is 93.1 cm³/mol. The molecule has 0 saturated heterocycles. The first-order valence-corrected chi connectivity index (χ1v) is 9.96. The van der Waals surface area contributed by atoms with Crippen LogP contribution < -0.4 is 4.72 Å². The van der Waals surface area contributed by atoms with E-state index in [1.165, 1.54) is 18.6 Å². The zero-order chi connectivity index (χ0) is 18.7. The summed E-state index contributed by atoms with van der Waals surface area (Å²) in [5.74, 6) is -0.222. The summed E-state index contributed by atoms with van der Waals surface area (Å²) in [4.78, 5) is 15.7. The van der Waals surface area contributed by atoms with Gasteiger partial charge in [-0.2, -0.15) is 4.98 Å². The average molecular weight is 396 g/mol. The number of sulfonamides is 1. The number of aryl methyl sites for hydroxylation is 1. The van der Waals surface area contributed by atoms with Crippen molar-refractivity contribution in [3.05, 3.63) is 40.5 Å². The number of hydrogen-bond acceptors (Lipinski definition) is 8. The SMILES string of the molecule is CCn1cccc1-c1noc(CNS(=O)(=O)c2ccsc2C(=O)OC)n1. The number of nitrogens with one attached hydrogen (secondary N) is 1. The second kappa shape index (κ2) is 7.40. The number of aromatic nitrogens is 3. The quantitative estimate of drug-likeness (QED) is 0.606. The topological polar surface area (TPSA) is 116 Å². The maximum atomic E-state index is 12.4. The van der Waals surface area contributed by atoms with Gasteiger partial charge >= 0.3 is 5.97 Å². The van der Waals surface area contributed by atoms with Crippen LogP contribution in [0.2, 0.25) is 0 Å². The van der Waals surface area contributed by atoms with Crippen LogP contribution in [0.25, 0.3) is 11.5 Å². The van der Waals surface area contributed by atoms with Gasteiger partial charge < -0.3 is 13.8 Å². The minimum absolute atomic E-state index is 0.00647. The van der Waals surface area contributed by atoms with Gasteiger partial charge in [0.2, 0.25) is 21.7 Å². The minimum atomic E-state index is -3.93. The van der Waals surface area contributed by atoms with E-state index in [-0.39, 0.29) is 22.2 Å². The summed E-state index contributed by atoms with van der Waals surface area (Å²) >= 11 is 0.989. The van der Waals surface area contributed by atoms with Crippen molar-refractivity contribution in [2.45, 2.75) is 24.9 Å². The maximum absolute atomic E-state index is 12.4. The number of thiophene rings is 1. The van der Waals surface area contributed by atoms with Gasteiger partial charge in [-0.05, 0) is 30.5 Å². The zero-order valence-electron chi connectivity index (χ0n) is 14.0. The highest BCUT2D eigenvalue weighted by molar-refractivity contribution is 7.89. The van der Waals surface area contributed by atoms with Gasteiger partial charge in [0.1, 0.15) is 9.77 Å². The molecule has 3 aromatic heterocycles. The number of nitrogens with zero attached hydrogens (tertiary/aromatic N) is 3. The zero-order valence-corrected chi connectivity index (χ0v) is 15.6. The molecule has 0 bridgehead atoms. The van der Waals surface area contributed by atoms with Gasteiger partial charge in [-0.1, -0.05) is 5.16 Å². The van der Waals surface area contributed by atoms with E-state index in [9.17, 15) is 13.2 Å². The lowest BCUT2D eigenvalue weighted by molar-refractivity contribution is 0.0602. The Morgan fingerprint density at radius 2 is 2.23 bits per heavy atom. The van der Waals surface area contributed by atoms with Crippen LogP contribution in [0.15, 0.2) is 39.2 Å². The van der Waals surface area contributed by atoms with E-state index in [0.717, 1.165) is 23.6 Å². The summed E-state index contributed by atoms with van der Waals surface area (Å²) in [6, 6.07) is 5.05. The minimum Gasteiger partial charge on any atom is -0.465 e. The maximum Gasteiger partial charge on any atom is 0.349 e. The van der Waals surface area contributed by atoms with Crippen LogP contribution in [0.5, 0.6) is 0 Å². The second-order valence-electron chi connectivity index (χ2n) is 5.12. The van der Waals surface area contributed by atoms with Crippen molar-refractivity contribution in [1.82, 2.24) is 19.4 Å². The van der Waals surface area contributed by atoms with Gasteiger partial charge in [0, 0.05) is 12.7 Å². The molecule has 0 fully saturated rings. The van der Waals surface area contributed by atoms with Gasteiger partial charge in [-0.3, -0.25) is 0 Å². The molecule has 0 radical (unpaired) electrons. The third-order valence-electron chi connectivity index (χ3n) is 3.57. The van der Waals surface area contributed by atoms with Crippen LogP contribution in [0.3, 0.4) is 0 Å². The highest BCUT2D eigenvalue weighted by Crippen LogP contribution is 2.23. The summed E-state index contributed by atoms with van der Waals surface area (Å²) in [5, 5.41) is 5.38. The van der Waals surface area contributed by atoms with Crippen molar-refractivity contribution >= 4 is 27.3 Å². The van der Waals surface area contributed by atoms with E-state index in [1.54, 1.807) is 0 Å². The molecular weight excluding hydrogens is 380 g/mol. The normalized spacial score (nSPS) is 11.6. The van der Waals surface area contributed by atoms with Crippen LogP contribution in [0.4, 0.5) is 0 Å². The molecule has 0 aromatic carbocycles. The van der Waals surface area contributed by atoms with E-state index in [4.69, 9.17) is 4.52 Å². The molecule has 1 N–H and O–H groups in total. The van der Waals surface area contributed by atoms with E-state index in [0.29, 0.717) is 5.82 Å². The number of ether oxygens (including phenoxy) is 1. The van der Waals surface area contributed by atoms with Crippen molar-refractivity contribution in [1.29, 1.82) is 0 Å². The molecule has 11 heteroatoms. The van der Waals surface area contributed by atoms with E-state index >= 15 is 0 Å². The molecule has 0 unspecified atom stereocenters. The Balaban J connectivity index is 1.75. The fourth-order valence-electron chi connectivity index (χ4n) is 2.31. The van der Waals surface area contributed by atoms with E-state index in [1.807, 2.05) is 29.8 Å². The number of hydrogen-bond donors (Lipinski definition) is 1. The Labute approximate surface area is 153 Å². The molecule has 0 aliphatic rings. The van der Waals surface area contributed by atoms with Crippen LogP contribution in [-0.4, -0.2) is 36.2 Å². The van der Waals surface area contributed by atoms with Crippen molar-refractivity contribution < 1.29 is 22.5 Å². The average Bonchev–Trinajstić information content (AvgIpc) is 3.38. The van der Waals surface area contributed by atoms with Crippen molar-refractivity contribution in [2.24, 2.45) is 0 Å². The molecular formula is C15H16N4O5S2. The highest BCUT2D eigenvalue weighted by Gasteiger charge is 2.25. The van der Waals surface area contributed by atoms with Crippen molar-refractivity contribution in [3.8, 4) is 11.5 Å². The summed E-state index contributed by atoms with van der Waals surface area (Å²) in [6.07, 6.45) is 1.89. The van der Waals surface area contributed by atoms with Crippen molar-refractivity contribution in [2.75, 3.05) is 7.11 Å². The van der Waals surface area contributed by atoms with Gasteiger partial charge in [0.05, 0.1) is 19.3 Å². The van der Waals surface area contributed by atoms with Gasteiger partial charge in [-0.25, -0.2) is 17.9 Å². The van der Waals surface area contributed by atoms with Gasteiger partial charge in [-0.15, -0.1) is 11.3 Å². The molecule has 0 amide bonds. The number of esters is 1. The summed E-state index contributed by atoms with van der Waals surface area (Å²) in [7, 11) is -2.74. The van der Waals surface area contributed by atoms with Crippen LogP contribution in [0, 0.1) is 0 Å². The third-order valence-corrected chi connectivity index (χ3v) is 6.04. The fourth-order valence-corrected chi connectivity index (χ4v) is 4.62. The third kappa shape index (κ3) is 3.54. The summed E-state index contributed by atoms with van der Waals surface area (Å²) in [5.41, 5.74) is 0.774. The lowest BCUT2D eigenvalue weighted by Gasteiger charge is -2.04. The smallest absolute Gasteiger partial charge is 0.349 e. The molecule has 3 rings (SSSR count). The van der Waals surface area contributed by atoms with Gasteiger partial charge in [0.25, 0.3) is 0 Å². The second-order valence-corrected chi connectivity index (χ2v) is 7.77.